The van der Waals surface area contributed by atoms with Gasteiger partial charge in [0.1, 0.15) is 5.60 Å². The van der Waals surface area contributed by atoms with Crippen molar-refractivity contribution < 1.29 is 9.53 Å². The molecule has 3 rings (SSSR count). The molecule has 2 fully saturated rings. The molecule has 1 aromatic rings. The fourth-order valence-corrected chi connectivity index (χ4v) is 3.09. The van der Waals surface area contributed by atoms with Crippen molar-refractivity contribution in [2.24, 2.45) is 5.73 Å². The fraction of sp³-hybridized carbons (Fsp3) is 0.533. The molecule has 0 aromatic heterocycles. The first kappa shape index (κ1) is 12.5. The van der Waals surface area contributed by atoms with Gasteiger partial charge in [-0.3, -0.25) is 4.90 Å². The summed E-state index contributed by atoms with van der Waals surface area (Å²) < 4.78 is 5.68. The number of ether oxygens (including phenoxy) is 1. The highest BCUT2D eigenvalue weighted by Gasteiger charge is 2.46. The molecule has 1 spiro atoms. The molecule has 2 aliphatic rings. The number of benzene rings is 1. The molecular formula is C15H20N2O2. The van der Waals surface area contributed by atoms with Crippen LogP contribution in [0.25, 0.3) is 0 Å². The Bertz CT molecular complexity index is 464. The average molecular weight is 260 g/mol. The first-order valence-electron chi connectivity index (χ1n) is 7.02. The van der Waals surface area contributed by atoms with Crippen LogP contribution in [0.5, 0.6) is 0 Å². The van der Waals surface area contributed by atoms with E-state index in [1.54, 1.807) is 4.90 Å². The van der Waals surface area contributed by atoms with Crippen molar-refractivity contribution in [2.45, 2.75) is 44.2 Å². The van der Waals surface area contributed by atoms with Crippen LogP contribution in [0.15, 0.2) is 24.3 Å². The van der Waals surface area contributed by atoms with Gasteiger partial charge in [0.15, 0.2) is 0 Å². The van der Waals surface area contributed by atoms with Crippen molar-refractivity contribution in [3.8, 4) is 0 Å². The monoisotopic (exact) mass is 260 g/mol. The predicted octanol–water partition coefficient (Wildman–Crippen LogP) is 2.80. The number of carbonyl (C=O) groups is 1. The van der Waals surface area contributed by atoms with Gasteiger partial charge >= 0.3 is 6.09 Å². The van der Waals surface area contributed by atoms with Gasteiger partial charge in [0.2, 0.25) is 0 Å². The second kappa shape index (κ2) is 4.85. The first-order chi connectivity index (χ1) is 9.22. The Morgan fingerprint density at radius 3 is 2.47 bits per heavy atom. The van der Waals surface area contributed by atoms with Crippen LogP contribution in [0.1, 0.15) is 37.7 Å². The third kappa shape index (κ3) is 2.32. The van der Waals surface area contributed by atoms with Gasteiger partial charge in [-0.1, -0.05) is 18.6 Å². The third-order valence-electron chi connectivity index (χ3n) is 4.22. The van der Waals surface area contributed by atoms with E-state index in [4.69, 9.17) is 10.5 Å². The van der Waals surface area contributed by atoms with Crippen molar-refractivity contribution in [3.05, 3.63) is 29.8 Å². The Morgan fingerprint density at radius 2 is 1.84 bits per heavy atom. The minimum atomic E-state index is -0.234. The second-order valence-corrected chi connectivity index (χ2v) is 5.57. The highest BCUT2D eigenvalue weighted by Crippen LogP contribution is 2.38. The molecule has 1 heterocycles. The summed E-state index contributed by atoms with van der Waals surface area (Å²) in [6, 6.07) is 7.83. The molecule has 1 saturated carbocycles. The number of amides is 1. The van der Waals surface area contributed by atoms with Crippen LogP contribution in [-0.4, -0.2) is 18.2 Å². The van der Waals surface area contributed by atoms with E-state index in [0.29, 0.717) is 13.1 Å². The van der Waals surface area contributed by atoms with Crippen LogP contribution in [0.4, 0.5) is 10.5 Å². The lowest BCUT2D eigenvalue weighted by molar-refractivity contribution is 0.0260. The summed E-state index contributed by atoms with van der Waals surface area (Å²) in [7, 11) is 0. The number of hydrogen-bond donors (Lipinski definition) is 1. The van der Waals surface area contributed by atoms with Gasteiger partial charge in [0.05, 0.1) is 6.54 Å². The molecule has 0 unspecified atom stereocenters. The minimum Gasteiger partial charge on any atom is -0.441 e. The molecule has 4 nitrogen and oxygen atoms in total. The quantitative estimate of drug-likeness (QED) is 0.889. The largest absolute Gasteiger partial charge is 0.441 e. The zero-order valence-corrected chi connectivity index (χ0v) is 11.1. The Hall–Kier alpha value is -1.55. The molecule has 1 aromatic carbocycles. The molecule has 102 valence electrons. The SMILES string of the molecule is NCc1ccc(N2CC3(CCCCC3)OC2=O)cc1. The van der Waals surface area contributed by atoms with Crippen LogP contribution in [0.3, 0.4) is 0 Å². The average Bonchev–Trinajstić information content (AvgIpc) is 2.76. The number of nitrogens with zero attached hydrogens (tertiary/aromatic N) is 1. The fourth-order valence-electron chi connectivity index (χ4n) is 3.09. The zero-order valence-electron chi connectivity index (χ0n) is 11.1. The third-order valence-corrected chi connectivity index (χ3v) is 4.22. The van der Waals surface area contributed by atoms with E-state index in [9.17, 15) is 4.79 Å². The molecule has 0 bridgehead atoms. The van der Waals surface area contributed by atoms with Crippen LogP contribution < -0.4 is 10.6 Å². The molecule has 1 aliphatic heterocycles. The van der Waals surface area contributed by atoms with Gasteiger partial charge in [-0.15, -0.1) is 0 Å². The van der Waals surface area contributed by atoms with Gasteiger partial charge in [0, 0.05) is 12.2 Å². The summed E-state index contributed by atoms with van der Waals surface area (Å²) in [6.07, 6.45) is 5.36. The lowest BCUT2D eigenvalue weighted by Gasteiger charge is -2.30. The van der Waals surface area contributed by atoms with E-state index in [0.717, 1.165) is 36.9 Å². The minimum absolute atomic E-state index is 0.206. The number of anilines is 1. The summed E-state index contributed by atoms with van der Waals surface area (Å²) in [5.74, 6) is 0. The van der Waals surface area contributed by atoms with Crippen molar-refractivity contribution in [1.29, 1.82) is 0 Å². The zero-order chi connectivity index (χ0) is 13.3. The summed E-state index contributed by atoms with van der Waals surface area (Å²) in [5, 5.41) is 0. The van der Waals surface area contributed by atoms with Crippen LogP contribution in [0.2, 0.25) is 0 Å². The highest BCUT2D eigenvalue weighted by atomic mass is 16.6. The summed E-state index contributed by atoms with van der Waals surface area (Å²) in [6.45, 7) is 1.21. The van der Waals surface area contributed by atoms with Gasteiger partial charge in [-0.05, 0) is 43.4 Å². The predicted molar refractivity (Wildman–Crippen MR) is 74.0 cm³/mol. The van der Waals surface area contributed by atoms with Gasteiger partial charge in [-0.25, -0.2) is 4.79 Å². The van der Waals surface area contributed by atoms with Crippen molar-refractivity contribution in [2.75, 3.05) is 11.4 Å². The Kier molecular flexibility index (Phi) is 3.19. The molecule has 1 aliphatic carbocycles. The highest BCUT2D eigenvalue weighted by molar-refractivity contribution is 5.90. The van der Waals surface area contributed by atoms with Crippen LogP contribution in [0, 0.1) is 0 Å². The van der Waals surface area contributed by atoms with E-state index in [1.165, 1.54) is 6.42 Å². The lowest BCUT2D eigenvalue weighted by atomic mass is 9.85. The topological polar surface area (TPSA) is 55.6 Å². The number of rotatable bonds is 2. The number of carbonyl (C=O) groups excluding carboxylic acids is 1. The van der Waals surface area contributed by atoms with Crippen LogP contribution in [-0.2, 0) is 11.3 Å². The van der Waals surface area contributed by atoms with E-state index < -0.39 is 0 Å². The van der Waals surface area contributed by atoms with Crippen molar-refractivity contribution >= 4 is 11.8 Å². The molecular weight excluding hydrogens is 240 g/mol. The van der Waals surface area contributed by atoms with Gasteiger partial charge in [-0.2, -0.15) is 0 Å². The van der Waals surface area contributed by atoms with Crippen LogP contribution >= 0.6 is 0 Å². The summed E-state index contributed by atoms with van der Waals surface area (Å²) in [4.78, 5) is 13.8. The van der Waals surface area contributed by atoms with E-state index in [2.05, 4.69) is 0 Å². The number of hydrogen-bond acceptors (Lipinski definition) is 3. The maximum atomic E-state index is 12.1. The van der Waals surface area contributed by atoms with E-state index in [-0.39, 0.29) is 11.7 Å². The molecule has 19 heavy (non-hydrogen) atoms. The van der Waals surface area contributed by atoms with Crippen molar-refractivity contribution in [3.63, 3.8) is 0 Å². The van der Waals surface area contributed by atoms with E-state index in [1.807, 2.05) is 24.3 Å². The molecule has 0 atom stereocenters. The summed E-state index contributed by atoms with van der Waals surface area (Å²) in [5.41, 5.74) is 7.33. The molecule has 2 N–H and O–H groups in total. The molecule has 4 heteroatoms. The number of nitrogens with two attached hydrogens (primary N) is 1. The van der Waals surface area contributed by atoms with Gasteiger partial charge in [0.25, 0.3) is 0 Å². The maximum absolute atomic E-state index is 12.1. The Morgan fingerprint density at radius 1 is 1.16 bits per heavy atom. The molecule has 1 saturated heterocycles. The maximum Gasteiger partial charge on any atom is 0.415 e. The first-order valence-corrected chi connectivity index (χ1v) is 7.02. The Labute approximate surface area is 113 Å². The lowest BCUT2D eigenvalue weighted by Crippen LogP contribution is -2.36. The normalized spacial score (nSPS) is 21.7. The molecule has 1 amide bonds. The Balaban J connectivity index is 1.79. The summed E-state index contributed by atoms with van der Waals surface area (Å²) >= 11 is 0. The van der Waals surface area contributed by atoms with E-state index >= 15 is 0 Å². The van der Waals surface area contributed by atoms with Crippen molar-refractivity contribution in [1.82, 2.24) is 0 Å². The molecule has 0 radical (unpaired) electrons. The standard InChI is InChI=1S/C15H20N2O2/c16-10-12-4-6-13(7-5-12)17-11-15(19-14(17)18)8-2-1-3-9-15/h4-7H,1-3,8-11,16H2. The van der Waals surface area contributed by atoms with Gasteiger partial charge < -0.3 is 10.5 Å². The smallest absolute Gasteiger partial charge is 0.415 e. The second-order valence-electron chi connectivity index (χ2n) is 5.57.